The number of carbonyl (C=O) groups excluding carboxylic acids is 2. The number of benzene rings is 1. The topological polar surface area (TPSA) is 101 Å². The average Bonchev–Trinajstić information content (AvgIpc) is 3.15. The first-order valence-electron chi connectivity index (χ1n) is 8.58. The molecule has 0 aliphatic carbocycles. The largest absolute Gasteiger partial charge is 0.319 e. The lowest BCUT2D eigenvalue weighted by atomic mass is 10.1. The van der Waals surface area contributed by atoms with Gasteiger partial charge in [0, 0.05) is 19.9 Å². The number of thiazole rings is 1. The van der Waals surface area contributed by atoms with E-state index in [0.29, 0.717) is 11.2 Å². The van der Waals surface area contributed by atoms with Gasteiger partial charge in [-0.3, -0.25) is 9.59 Å². The summed E-state index contributed by atoms with van der Waals surface area (Å²) in [5.74, 6) is -0.800. The van der Waals surface area contributed by atoms with Crippen LogP contribution in [-0.2, 0) is 26.5 Å². The number of hydrazone groups is 1. The summed E-state index contributed by atoms with van der Waals surface area (Å²) in [5.41, 5.74) is 1.17. The van der Waals surface area contributed by atoms with Gasteiger partial charge < -0.3 is 4.57 Å². The molecule has 0 bridgehead atoms. The molecule has 1 fully saturated rings. The molecule has 142 valence electrons. The second kappa shape index (κ2) is 6.68. The van der Waals surface area contributed by atoms with E-state index in [4.69, 9.17) is 0 Å². The average molecular weight is 406 g/mol. The predicted octanol–water partition coefficient (Wildman–Crippen LogP) is 0.833. The lowest BCUT2D eigenvalue weighted by Gasteiger charge is -2.27. The number of aryl methyl sites for hydroxylation is 1. The molecule has 1 atom stereocenters. The van der Waals surface area contributed by atoms with Gasteiger partial charge in [-0.1, -0.05) is 23.5 Å². The molecular formula is C17H18N4O4S2. The number of hydrogen-bond acceptors (Lipinski definition) is 6. The number of aromatic nitrogens is 1. The second-order valence-electron chi connectivity index (χ2n) is 6.67. The highest BCUT2D eigenvalue weighted by molar-refractivity contribution is 7.91. The first-order chi connectivity index (χ1) is 12.8. The summed E-state index contributed by atoms with van der Waals surface area (Å²) in [6.07, 6.45) is 0.697. The van der Waals surface area contributed by atoms with Gasteiger partial charge in [-0.2, -0.15) is 10.1 Å². The summed E-state index contributed by atoms with van der Waals surface area (Å²) >= 11 is 1.40. The lowest BCUT2D eigenvalue weighted by molar-refractivity contribution is -0.133. The van der Waals surface area contributed by atoms with Gasteiger partial charge in [-0.15, -0.1) is 0 Å². The molecule has 8 nitrogen and oxygen atoms in total. The quantitative estimate of drug-likeness (QED) is 0.737. The van der Waals surface area contributed by atoms with Crippen LogP contribution in [-0.4, -0.2) is 53.1 Å². The molecule has 0 radical (unpaired) electrons. The van der Waals surface area contributed by atoms with Crippen molar-refractivity contribution in [1.82, 2.24) is 9.58 Å². The maximum atomic E-state index is 12.6. The Hall–Kier alpha value is -2.33. The highest BCUT2D eigenvalue weighted by Gasteiger charge is 2.37. The Morgan fingerprint density at radius 3 is 2.78 bits per heavy atom. The van der Waals surface area contributed by atoms with E-state index in [1.165, 1.54) is 16.3 Å². The summed E-state index contributed by atoms with van der Waals surface area (Å²) in [5, 5.41) is 5.36. The molecule has 2 aliphatic heterocycles. The number of hydrogen-bond donors (Lipinski definition) is 0. The van der Waals surface area contributed by atoms with Crippen LogP contribution in [0.3, 0.4) is 0 Å². The zero-order valence-corrected chi connectivity index (χ0v) is 16.3. The lowest BCUT2D eigenvalue weighted by Crippen LogP contribution is -2.41. The van der Waals surface area contributed by atoms with E-state index in [9.17, 15) is 18.0 Å². The van der Waals surface area contributed by atoms with Crippen molar-refractivity contribution >= 4 is 48.9 Å². The molecule has 1 aromatic heterocycles. The van der Waals surface area contributed by atoms with Crippen molar-refractivity contribution in [3.8, 4) is 0 Å². The Kier molecular flexibility index (Phi) is 4.47. The molecule has 0 N–H and O–H groups in total. The van der Waals surface area contributed by atoms with Crippen molar-refractivity contribution < 1.29 is 18.0 Å². The summed E-state index contributed by atoms with van der Waals surface area (Å²) in [7, 11) is -1.31. The van der Waals surface area contributed by atoms with E-state index < -0.39 is 21.8 Å². The van der Waals surface area contributed by atoms with Crippen LogP contribution in [0.4, 0.5) is 0 Å². The molecule has 2 aromatic rings. The monoisotopic (exact) mass is 406 g/mol. The summed E-state index contributed by atoms with van der Waals surface area (Å²) in [6.45, 7) is 0. The zero-order chi connectivity index (χ0) is 19.2. The van der Waals surface area contributed by atoms with Crippen LogP contribution >= 0.6 is 11.3 Å². The van der Waals surface area contributed by atoms with E-state index in [1.54, 1.807) is 0 Å². The fraction of sp³-hybridized carbons (Fsp3) is 0.412. The molecule has 3 heterocycles. The van der Waals surface area contributed by atoms with Crippen LogP contribution in [0.15, 0.2) is 34.4 Å². The molecule has 1 saturated heterocycles. The Morgan fingerprint density at radius 1 is 1.30 bits per heavy atom. The van der Waals surface area contributed by atoms with E-state index in [1.807, 2.05) is 35.9 Å². The Balaban J connectivity index is 1.65. The minimum absolute atomic E-state index is 0.0439. The van der Waals surface area contributed by atoms with Gasteiger partial charge in [-0.25, -0.2) is 13.4 Å². The third kappa shape index (κ3) is 3.46. The van der Waals surface area contributed by atoms with Crippen molar-refractivity contribution in [2.45, 2.75) is 25.3 Å². The molecule has 0 unspecified atom stereocenters. The smallest absolute Gasteiger partial charge is 0.295 e. The van der Waals surface area contributed by atoms with Crippen LogP contribution in [0.25, 0.3) is 10.2 Å². The highest BCUT2D eigenvalue weighted by atomic mass is 32.2. The van der Waals surface area contributed by atoms with Crippen LogP contribution in [0.2, 0.25) is 0 Å². The van der Waals surface area contributed by atoms with Crippen molar-refractivity contribution in [3.63, 3.8) is 0 Å². The van der Waals surface area contributed by atoms with Crippen LogP contribution < -0.4 is 4.80 Å². The summed E-state index contributed by atoms with van der Waals surface area (Å²) in [4.78, 5) is 29.5. The van der Waals surface area contributed by atoms with Crippen LogP contribution in [0.1, 0.15) is 19.3 Å². The Morgan fingerprint density at radius 2 is 2.07 bits per heavy atom. The SMILES string of the molecule is Cn1c(=NC(=O)C2=NN([C@@H]3CCS(=O)(=O)C3)C(=O)CC2)sc2ccccc21. The van der Waals surface area contributed by atoms with Crippen LogP contribution in [0.5, 0.6) is 0 Å². The molecule has 2 amide bonds. The van der Waals surface area contributed by atoms with Crippen molar-refractivity contribution in [3.05, 3.63) is 29.1 Å². The van der Waals surface area contributed by atoms with Gasteiger partial charge in [-0.05, 0) is 18.6 Å². The summed E-state index contributed by atoms with van der Waals surface area (Å²) < 4.78 is 26.3. The molecule has 0 saturated carbocycles. The fourth-order valence-corrected chi connectivity index (χ4v) is 6.03. The first kappa shape index (κ1) is 18.1. The highest BCUT2D eigenvalue weighted by Crippen LogP contribution is 2.22. The van der Waals surface area contributed by atoms with Gasteiger partial charge in [0.05, 0.1) is 27.8 Å². The fourth-order valence-electron chi connectivity index (χ4n) is 3.32. The number of fused-ring (bicyclic) bond motifs is 1. The van der Waals surface area contributed by atoms with Gasteiger partial charge in [0.15, 0.2) is 14.6 Å². The van der Waals surface area contributed by atoms with Crippen molar-refractivity contribution in [2.24, 2.45) is 17.1 Å². The van der Waals surface area contributed by atoms with E-state index in [-0.39, 0.29) is 36.0 Å². The van der Waals surface area contributed by atoms with Crippen molar-refractivity contribution in [1.29, 1.82) is 0 Å². The number of rotatable bonds is 2. The number of para-hydroxylation sites is 1. The molecule has 1 aromatic carbocycles. The van der Waals surface area contributed by atoms with Gasteiger partial charge >= 0.3 is 0 Å². The Labute approximate surface area is 159 Å². The number of sulfone groups is 1. The molecule has 4 rings (SSSR count). The van der Waals surface area contributed by atoms with Crippen LogP contribution in [0, 0.1) is 0 Å². The molecule has 2 aliphatic rings. The van der Waals surface area contributed by atoms with Gasteiger partial charge in [0.25, 0.3) is 5.91 Å². The minimum atomic E-state index is -3.15. The Bertz CT molecular complexity index is 1140. The molecule has 0 spiro atoms. The number of amides is 2. The molecule has 10 heteroatoms. The second-order valence-corrected chi connectivity index (χ2v) is 9.91. The standard InChI is InChI=1S/C17H18N4O4S2/c1-20-13-4-2-3-5-14(13)26-17(20)18-16(23)12-6-7-15(22)21(19-12)11-8-9-27(24,25)10-11/h2-5,11H,6-10H2,1H3/t11-/m1/s1. The number of carbonyl (C=O) groups is 2. The van der Waals surface area contributed by atoms with E-state index >= 15 is 0 Å². The third-order valence-electron chi connectivity index (χ3n) is 4.77. The minimum Gasteiger partial charge on any atom is -0.319 e. The third-order valence-corrected chi connectivity index (χ3v) is 7.64. The number of nitrogens with zero attached hydrogens (tertiary/aromatic N) is 4. The van der Waals surface area contributed by atoms with Crippen molar-refractivity contribution in [2.75, 3.05) is 11.5 Å². The van der Waals surface area contributed by atoms with E-state index in [2.05, 4.69) is 10.1 Å². The summed E-state index contributed by atoms with van der Waals surface area (Å²) in [6, 6.07) is 7.27. The normalized spacial score (nSPS) is 23.1. The van der Waals surface area contributed by atoms with E-state index in [0.717, 1.165) is 10.2 Å². The molecule has 27 heavy (non-hydrogen) atoms. The maximum absolute atomic E-state index is 12.6. The van der Waals surface area contributed by atoms with Gasteiger partial charge in [0.2, 0.25) is 5.91 Å². The predicted molar refractivity (Wildman–Crippen MR) is 102 cm³/mol. The zero-order valence-electron chi connectivity index (χ0n) is 14.7. The van der Waals surface area contributed by atoms with Gasteiger partial charge in [0.1, 0.15) is 5.71 Å². The molecular weight excluding hydrogens is 388 g/mol. The first-order valence-corrected chi connectivity index (χ1v) is 11.2. The maximum Gasteiger partial charge on any atom is 0.295 e.